The number of allylic oxidation sites excluding steroid dienone is 1. The number of ether oxygens (including phenoxy) is 8. The molecule has 594 valence electrons. The summed E-state index contributed by atoms with van der Waals surface area (Å²) in [5.41, 5.74) is 0. The summed E-state index contributed by atoms with van der Waals surface area (Å²) in [6.45, 7) is 0.955. The van der Waals surface area contributed by atoms with Gasteiger partial charge < -0.3 is 145 Å². The molecule has 17 N–H and O–H groups in total. The Labute approximate surface area is 655 Å². The Balaban J connectivity index is 0.0000184. The van der Waals surface area contributed by atoms with Crippen molar-refractivity contribution < 1.29 is 203 Å². The summed E-state index contributed by atoms with van der Waals surface area (Å²) in [4.78, 5) is 64.7. The van der Waals surface area contributed by atoms with Crippen LogP contribution in [0.2, 0.25) is 0 Å². The number of unbranched alkanes of at least 4 members (excludes halogenated alkanes) is 25. The normalized spacial score (nSPS) is 31.1. The number of hydrogen-bond donors (Lipinski definition) is 17. The molecule has 32 nitrogen and oxygen atoms in total. The summed E-state index contributed by atoms with van der Waals surface area (Å²) in [5.74, 6) is -13.9. The zero-order chi connectivity index (χ0) is 75.5. The molecule has 0 spiro atoms. The minimum atomic E-state index is -3.51. The Morgan fingerprint density at radius 1 is 0.538 bits per heavy atom. The van der Waals surface area contributed by atoms with E-state index in [4.69, 9.17) is 37.9 Å². The van der Waals surface area contributed by atoms with Crippen molar-refractivity contribution in [3.05, 3.63) is 12.2 Å². The quantitative estimate of drug-likeness (QED) is 0.0153. The molecule has 4 saturated heterocycles. The van der Waals surface area contributed by atoms with Gasteiger partial charge in [-0.05, 0) is 19.3 Å². The second-order valence-electron chi connectivity index (χ2n) is 27.9. The Hall–Kier alpha value is -1.79. The van der Waals surface area contributed by atoms with Gasteiger partial charge in [-0.2, -0.15) is 0 Å². The summed E-state index contributed by atoms with van der Waals surface area (Å²) >= 11 is 0. The molecule has 4 heterocycles. The molecule has 3 amide bonds. The molecule has 4 rings (SSSR count). The number of aliphatic hydroxyl groups is 14. The van der Waals surface area contributed by atoms with Crippen LogP contribution in [0.1, 0.15) is 220 Å². The van der Waals surface area contributed by atoms with Crippen molar-refractivity contribution in [1.82, 2.24) is 16.0 Å². The molecule has 4 fully saturated rings. The SMILES string of the molecule is CCCCCCCCCCCCCC=C[C@@H](O)[C@H](CO[C@@H]1O[C@H](CO)[C@@H](O[C@@H]2O[C@H](CO)[C@H](O)[C@H](O[C@]3(C(=O)[O-])C[C@H](O)[C@@H](NC(C)=O)[C@H]([C@H](O)[C@@H](CO)O[C@]4(C(=O)[O-])C[C@H](O)[C@@H](NC(C)=O)[C@H]([C@H](O)[C@H](O)CO)O4)O3)[C@H]2O)[C@H](O)[C@H]1O)NC(=O)CCCCCCCCCCCCCCCCC.[Na+].[Na+]. The third-order valence-electron chi connectivity index (χ3n) is 19.4. The standard InChI is InChI=1S/C70H125N3O29.2Na/c1-5-7-9-11-13-15-17-19-20-22-24-26-28-30-32-34-52(84)73-44(45(80)33-31-29-27-25-23-21-18-16-14-12-10-8-6-2)41-95-65-59(89)58(88)61(51(40-77)97-65)98-66-60(90)64(56(86)49(38-75)96-66)102-70(68(93)94)36-47(82)54(72-43(4)79)63(101-70)57(87)50(39-76)99-69(67(91)92)35-46(81)53(71-42(3)78)62(100-69)55(85)48(83)37-74;;/h31,33,44-51,53-66,74-77,80-83,85-90H,5-30,32,34-41H2,1-4H3,(H,71,78)(H,72,79)(H,73,84)(H,91,92)(H,93,94);;/q;2*+1/p-2/t44-,45+,46-,47-,48+,49+,50+,51+,53+,54+,55+,56-,57+,58+,59+,60+,61+,62+,63+,64-,65+,66-,69+,70-;;/m0../s1. The average Bonchev–Trinajstić information content (AvgIpc) is 0.756. The van der Waals surface area contributed by atoms with Crippen molar-refractivity contribution in [1.29, 1.82) is 0 Å². The van der Waals surface area contributed by atoms with Crippen LogP contribution in [0.4, 0.5) is 0 Å². The maximum absolute atomic E-state index is 13.5. The summed E-state index contributed by atoms with van der Waals surface area (Å²) in [5, 5.41) is 189. The largest absolute Gasteiger partial charge is 1.00 e. The van der Waals surface area contributed by atoms with E-state index < -0.39 is 216 Å². The molecule has 0 aromatic carbocycles. The zero-order valence-corrected chi connectivity index (χ0v) is 66.0. The van der Waals surface area contributed by atoms with Crippen LogP contribution in [0, 0.1) is 0 Å². The first-order valence-corrected chi connectivity index (χ1v) is 37.2. The van der Waals surface area contributed by atoms with Crippen LogP contribution in [0.15, 0.2) is 12.2 Å². The number of aliphatic carboxylic acids is 2. The average molecular weight is 1520 g/mol. The smallest absolute Gasteiger partial charge is 0.544 e. The molecule has 24 atom stereocenters. The van der Waals surface area contributed by atoms with Crippen LogP contribution in [-0.4, -0.2) is 280 Å². The molecule has 0 aromatic rings. The van der Waals surface area contributed by atoms with Crippen LogP contribution in [0.3, 0.4) is 0 Å². The summed E-state index contributed by atoms with van der Waals surface area (Å²) in [7, 11) is 0. The molecule has 4 aliphatic heterocycles. The summed E-state index contributed by atoms with van der Waals surface area (Å²) in [6, 6.07) is -4.81. The van der Waals surface area contributed by atoms with Gasteiger partial charge in [0.2, 0.25) is 29.3 Å². The Kier molecular flexibility index (Phi) is 49.6. The minimum Gasteiger partial charge on any atom is -0.544 e. The zero-order valence-electron chi connectivity index (χ0n) is 62.0. The number of carbonyl (C=O) groups is 5. The fourth-order valence-electron chi connectivity index (χ4n) is 13.5. The maximum Gasteiger partial charge on any atom is 1.00 e. The Bertz CT molecular complexity index is 2420. The van der Waals surface area contributed by atoms with Gasteiger partial charge in [0.25, 0.3) is 0 Å². The van der Waals surface area contributed by atoms with Gasteiger partial charge >= 0.3 is 59.1 Å². The molecular weight excluding hydrogens is 1390 g/mol. The second-order valence-corrected chi connectivity index (χ2v) is 27.9. The Morgan fingerprint density at radius 3 is 1.43 bits per heavy atom. The van der Waals surface area contributed by atoms with E-state index in [1.807, 2.05) is 6.08 Å². The van der Waals surface area contributed by atoms with E-state index in [0.29, 0.717) is 12.8 Å². The van der Waals surface area contributed by atoms with Crippen LogP contribution in [-0.2, 0) is 61.9 Å². The number of nitrogens with one attached hydrogen (secondary N) is 3. The molecule has 0 saturated carbocycles. The molecule has 0 radical (unpaired) electrons. The second kappa shape index (κ2) is 52.4. The Morgan fingerprint density at radius 2 is 0.981 bits per heavy atom. The fourth-order valence-corrected chi connectivity index (χ4v) is 13.5. The first-order valence-electron chi connectivity index (χ1n) is 37.2. The summed E-state index contributed by atoms with van der Waals surface area (Å²) < 4.78 is 46.1. The number of hydrogen-bond acceptors (Lipinski definition) is 29. The van der Waals surface area contributed by atoms with Crippen LogP contribution >= 0.6 is 0 Å². The van der Waals surface area contributed by atoms with E-state index in [2.05, 4.69) is 29.8 Å². The van der Waals surface area contributed by atoms with Crippen LogP contribution < -0.4 is 85.3 Å². The van der Waals surface area contributed by atoms with Crippen molar-refractivity contribution >= 4 is 29.7 Å². The third kappa shape index (κ3) is 31.4. The van der Waals surface area contributed by atoms with E-state index in [1.54, 1.807) is 6.08 Å². The van der Waals surface area contributed by atoms with Gasteiger partial charge in [-0.25, -0.2) is 0 Å². The van der Waals surface area contributed by atoms with E-state index in [-0.39, 0.29) is 71.4 Å². The number of amides is 3. The van der Waals surface area contributed by atoms with Crippen LogP contribution in [0.25, 0.3) is 0 Å². The van der Waals surface area contributed by atoms with Gasteiger partial charge in [-0.15, -0.1) is 0 Å². The molecule has 0 aromatic heterocycles. The molecule has 34 heteroatoms. The van der Waals surface area contributed by atoms with Crippen molar-refractivity contribution in [3.8, 4) is 0 Å². The van der Waals surface area contributed by atoms with Crippen LogP contribution in [0.5, 0.6) is 0 Å². The minimum absolute atomic E-state index is 0. The number of aliphatic hydroxyl groups excluding tert-OH is 14. The maximum atomic E-state index is 13.5. The van der Waals surface area contributed by atoms with Crippen molar-refractivity contribution in [2.24, 2.45) is 0 Å². The van der Waals surface area contributed by atoms with E-state index in [1.165, 1.54) is 109 Å². The van der Waals surface area contributed by atoms with E-state index >= 15 is 0 Å². The molecule has 104 heavy (non-hydrogen) atoms. The number of carbonyl (C=O) groups excluding carboxylic acids is 5. The van der Waals surface area contributed by atoms with E-state index in [0.717, 1.165) is 65.2 Å². The number of rotatable bonds is 52. The number of carboxylic acids is 2. The monoisotopic (exact) mass is 1520 g/mol. The van der Waals surface area contributed by atoms with Gasteiger partial charge in [-0.1, -0.05) is 180 Å². The van der Waals surface area contributed by atoms with Gasteiger partial charge in [-0.3, -0.25) is 14.4 Å². The number of carboxylic acid groups (broad SMARTS) is 2. The van der Waals surface area contributed by atoms with Gasteiger partial charge in [0, 0.05) is 33.1 Å². The molecule has 0 aliphatic carbocycles. The molecular formula is C70H123N3Na2O29. The first kappa shape index (κ1) is 98.3. The van der Waals surface area contributed by atoms with Gasteiger partial charge in [0.05, 0.1) is 69.5 Å². The van der Waals surface area contributed by atoms with Gasteiger partial charge in [0.15, 0.2) is 12.6 Å². The predicted molar refractivity (Wildman–Crippen MR) is 358 cm³/mol. The van der Waals surface area contributed by atoms with Crippen molar-refractivity contribution in [2.45, 2.75) is 366 Å². The molecule has 4 aliphatic rings. The van der Waals surface area contributed by atoms with Crippen molar-refractivity contribution in [2.75, 3.05) is 33.0 Å². The van der Waals surface area contributed by atoms with Crippen molar-refractivity contribution in [3.63, 3.8) is 0 Å². The molecule has 0 bridgehead atoms. The first-order chi connectivity index (χ1) is 48.7. The molecule has 0 unspecified atom stereocenters. The summed E-state index contributed by atoms with van der Waals surface area (Å²) in [6.07, 6.45) is -9.25. The fraction of sp³-hybridized carbons (Fsp3) is 0.900. The predicted octanol–water partition coefficient (Wildman–Crippen LogP) is -8.32. The van der Waals surface area contributed by atoms with Gasteiger partial charge in [0.1, 0.15) is 97.4 Å². The third-order valence-corrected chi connectivity index (χ3v) is 19.4. The topological polar surface area (TPSA) is 525 Å². The van der Waals surface area contributed by atoms with E-state index in [9.17, 15) is 106 Å².